The Hall–Kier alpha value is -4.75. The maximum absolute atomic E-state index is 13.5. The van der Waals surface area contributed by atoms with Crippen LogP contribution in [0.5, 0.6) is 5.75 Å². The first-order valence-electron chi connectivity index (χ1n) is 13.6. The lowest BCUT2D eigenvalue weighted by molar-refractivity contribution is 0.306. The topological polar surface area (TPSA) is 119 Å². The average molecular weight is 659 g/mol. The van der Waals surface area contributed by atoms with E-state index in [2.05, 4.69) is 25.6 Å². The van der Waals surface area contributed by atoms with Crippen molar-refractivity contribution in [2.24, 2.45) is 0 Å². The van der Waals surface area contributed by atoms with E-state index < -0.39 is 10.3 Å². The minimum atomic E-state index is -2.40. The Labute approximate surface area is 268 Å². The van der Waals surface area contributed by atoms with Crippen LogP contribution < -0.4 is 15.4 Å². The largest absolute Gasteiger partial charge is 0.487 e. The fraction of sp³-hybridized carbons (Fsp3) is 0.0938. The Morgan fingerprint density at radius 2 is 1.89 bits per heavy atom. The van der Waals surface area contributed by atoms with Crippen molar-refractivity contribution >= 4 is 60.5 Å². The monoisotopic (exact) mass is 658 g/mol. The average Bonchev–Trinajstić information content (AvgIpc) is 3.52. The van der Waals surface area contributed by atoms with Gasteiger partial charge in [-0.25, -0.2) is 19.3 Å². The van der Waals surface area contributed by atoms with E-state index in [1.807, 2.05) is 29.6 Å². The molecule has 0 spiro atoms. The Morgan fingerprint density at radius 3 is 2.69 bits per heavy atom. The summed E-state index contributed by atoms with van der Waals surface area (Å²) in [4.78, 5) is 17.9. The summed E-state index contributed by atoms with van der Waals surface area (Å²) in [5, 5.41) is 10.4. The fourth-order valence-electron chi connectivity index (χ4n) is 4.51. The normalized spacial score (nSPS) is 11.0. The molecule has 3 aromatic carbocycles. The Kier molecular flexibility index (Phi) is 9.36. The van der Waals surface area contributed by atoms with Crippen LogP contribution in [0.4, 0.5) is 15.9 Å². The Bertz CT molecular complexity index is 2120. The molecule has 0 unspecified atom stereocenters. The molecule has 6 rings (SSSR count). The molecule has 2 N–H and O–H groups in total. The van der Waals surface area contributed by atoms with Gasteiger partial charge in [-0.05, 0) is 60.2 Å². The number of halogens is 2. The summed E-state index contributed by atoms with van der Waals surface area (Å²) in [6, 6.07) is 22.5. The van der Waals surface area contributed by atoms with Crippen molar-refractivity contribution in [1.29, 1.82) is 0 Å². The Balaban J connectivity index is 1.14. The van der Waals surface area contributed by atoms with Gasteiger partial charge in [-0.2, -0.15) is 8.42 Å². The van der Waals surface area contributed by atoms with E-state index in [9.17, 15) is 12.8 Å². The van der Waals surface area contributed by atoms with Crippen molar-refractivity contribution in [3.05, 3.63) is 124 Å². The number of thiazole rings is 1. The van der Waals surface area contributed by atoms with Gasteiger partial charge in [0.15, 0.2) is 0 Å². The van der Waals surface area contributed by atoms with Crippen molar-refractivity contribution in [2.45, 2.75) is 13.2 Å². The van der Waals surface area contributed by atoms with Crippen LogP contribution in [0.15, 0.2) is 96.8 Å². The number of benzene rings is 3. The SMILES string of the molecule is O=S(=O)=C(CNCc1nc(-c2ccc3ncnc(Nc4ccc(OCc5cccc(F)c5)c(Cl)c4)c3c2)cs1)c1ccccn1. The quantitative estimate of drug-likeness (QED) is 0.120. The summed E-state index contributed by atoms with van der Waals surface area (Å²) in [7, 11) is -2.40. The molecular weight excluding hydrogens is 635 g/mol. The van der Waals surface area contributed by atoms with Crippen molar-refractivity contribution in [1.82, 2.24) is 25.3 Å². The van der Waals surface area contributed by atoms with Crippen molar-refractivity contribution in [2.75, 3.05) is 11.9 Å². The van der Waals surface area contributed by atoms with Gasteiger partial charge in [0.05, 0.1) is 21.9 Å². The molecule has 0 saturated heterocycles. The van der Waals surface area contributed by atoms with E-state index in [-0.39, 0.29) is 23.8 Å². The van der Waals surface area contributed by atoms with E-state index >= 15 is 0 Å². The summed E-state index contributed by atoms with van der Waals surface area (Å²) < 4.78 is 42.7. The van der Waals surface area contributed by atoms with Crippen LogP contribution in [-0.4, -0.2) is 39.8 Å². The van der Waals surface area contributed by atoms with Gasteiger partial charge in [0.1, 0.15) is 40.2 Å². The highest BCUT2D eigenvalue weighted by atomic mass is 35.5. The van der Waals surface area contributed by atoms with Crippen molar-refractivity contribution < 1.29 is 17.5 Å². The molecule has 0 fully saturated rings. The lowest BCUT2D eigenvalue weighted by Gasteiger charge is -2.12. The highest BCUT2D eigenvalue weighted by Gasteiger charge is 2.12. The number of ether oxygens (including phenoxy) is 1. The number of fused-ring (bicyclic) bond motifs is 1. The third-order valence-corrected chi connectivity index (χ3v) is 8.57. The van der Waals surface area contributed by atoms with Crippen LogP contribution in [-0.2, 0) is 23.4 Å². The van der Waals surface area contributed by atoms with Crippen LogP contribution in [0.25, 0.3) is 22.2 Å². The zero-order valence-corrected chi connectivity index (χ0v) is 25.8. The molecule has 0 amide bonds. The number of anilines is 2. The van der Waals surface area contributed by atoms with Gasteiger partial charge in [-0.15, -0.1) is 11.3 Å². The molecule has 9 nitrogen and oxygen atoms in total. The maximum atomic E-state index is 13.5. The first-order chi connectivity index (χ1) is 21.9. The molecule has 3 heterocycles. The predicted molar refractivity (Wildman–Crippen MR) is 175 cm³/mol. The zero-order chi connectivity index (χ0) is 31.2. The van der Waals surface area contributed by atoms with Gasteiger partial charge in [-0.3, -0.25) is 4.98 Å². The van der Waals surface area contributed by atoms with Gasteiger partial charge in [0.25, 0.3) is 0 Å². The molecule has 3 aromatic heterocycles. The molecule has 0 saturated carbocycles. The number of hydrogen-bond donors (Lipinski definition) is 2. The number of aromatic nitrogens is 4. The molecule has 13 heteroatoms. The summed E-state index contributed by atoms with van der Waals surface area (Å²) in [6.07, 6.45) is 3.05. The molecule has 0 aliphatic carbocycles. The lowest BCUT2D eigenvalue weighted by Crippen LogP contribution is -2.24. The van der Waals surface area contributed by atoms with E-state index in [0.717, 1.165) is 27.2 Å². The van der Waals surface area contributed by atoms with Crippen LogP contribution in [0.2, 0.25) is 5.02 Å². The van der Waals surface area contributed by atoms with Gasteiger partial charge in [-0.1, -0.05) is 35.9 Å². The smallest absolute Gasteiger partial charge is 0.220 e. The predicted octanol–water partition coefficient (Wildman–Crippen LogP) is 6.45. The molecular formula is C32H24ClFN6O3S2. The first-order valence-corrected chi connectivity index (χ1v) is 16.0. The number of nitrogens with one attached hydrogen (secondary N) is 2. The summed E-state index contributed by atoms with van der Waals surface area (Å²) in [5.74, 6) is 0.740. The third kappa shape index (κ3) is 7.49. The molecule has 226 valence electrons. The second-order valence-electron chi connectivity index (χ2n) is 9.75. The van der Waals surface area contributed by atoms with Crippen LogP contribution >= 0.6 is 22.9 Å². The van der Waals surface area contributed by atoms with E-state index in [1.54, 1.807) is 48.7 Å². The van der Waals surface area contributed by atoms with Gasteiger partial charge in [0, 0.05) is 41.3 Å². The van der Waals surface area contributed by atoms with Crippen molar-refractivity contribution in [3.8, 4) is 17.0 Å². The summed E-state index contributed by atoms with van der Waals surface area (Å²) in [6.45, 7) is 0.711. The highest BCUT2D eigenvalue weighted by Crippen LogP contribution is 2.32. The molecule has 0 bridgehead atoms. The number of nitrogens with zero attached hydrogens (tertiary/aromatic N) is 4. The molecule has 0 aliphatic rings. The van der Waals surface area contributed by atoms with Gasteiger partial charge in [0.2, 0.25) is 10.3 Å². The number of hydrogen-bond acceptors (Lipinski definition) is 10. The molecule has 0 aliphatic heterocycles. The minimum absolute atomic E-state index is 0.133. The van der Waals surface area contributed by atoms with Gasteiger partial charge >= 0.3 is 0 Å². The standard InChI is InChI=1S/C32H24ClFN6O3S2/c33-25-14-23(8-10-29(25)43-17-20-4-3-5-22(34)12-20)39-32-24-13-21(7-9-26(24)37-19-38-32)28-18-44-31(40-28)16-35-15-30(45(41)42)27-6-1-2-11-36-27/h1-14,18-19,35H,15-17H2,(H,37,38,39). The number of pyridine rings is 1. The van der Waals surface area contributed by atoms with Crippen LogP contribution in [0, 0.1) is 5.82 Å². The van der Waals surface area contributed by atoms with Gasteiger partial charge < -0.3 is 15.4 Å². The zero-order valence-electron chi connectivity index (χ0n) is 23.4. The van der Waals surface area contributed by atoms with Crippen molar-refractivity contribution in [3.63, 3.8) is 0 Å². The third-order valence-electron chi connectivity index (χ3n) is 6.67. The first kappa shape index (κ1) is 30.3. The maximum Gasteiger partial charge on any atom is 0.220 e. The minimum Gasteiger partial charge on any atom is -0.487 e. The van der Waals surface area contributed by atoms with Crippen LogP contribution in [0.3, 0.4) is 0 Å². The Morgan fingerprint density at radius 1 is 0.978 bits per heavy atom. The highest BCUT2D eigenvalue weighted by molar-refractivity contribution is 7.73. The van der Waals surface area contributed by atoms with E-state index in [0.29, 0.717) is 40.1 Å². The second-order valence-corrected chi connectivity index (χ2v) is 12.1. The second kappa shape index (κ2) is 13.9. The molecule has 0 atom stereocenters. The molecule has 0 radical (unpaired) electrons. The van der Waals surface area contributed by atoms with E-state index in [1.165, 1.54) is 29.8 Å². The molecule has 45 heavy (non-hydrogen) atoms. The van der Waals surface area contributed by atoms with E-state index in [4.69, 9.17) is 21.3 Å². The summed E-state index contributed by atoms with van der Waals surface area (Å²) >= 11 is 7.97. The van der Waals surface area contributed by atoms with Crippen LogP contribution in [0.1, 0.15) is 16.3 Å². The fourth-order valence-corrected chi connectivity index (χ4v) is 6.03. The lowest BCUT2D eigenvalue weighted by atomic mass is 10.1. The number of rotatable bonds is 11. The summed E-state index contributed by atoms with van der Waals surface area (Å²) in [5.41, 5.74) is 4.21. The molecule has 6 aromatic rings.